The minimum absolute atomic E-state index is 0.0552. The highest BCUT2D eigenvalue weighted by molar-refractivity contribution is 7.23. The van der Waals surface area contributed by atoms with Crippen molar-refractivity contribution >= 4 is 66.2 Å². The lowest BCUT2D eigenvalue weighted by atomic mass is 10.0. The van der Waals surface area contributed by atoms with E-state index in [0.29, 0.717) is 4.88 Å². The first-order valence-electron chi connectivity index (χ1n) is 10.5. The highest BCUT2D eigenvalue weighted by Gasteiger charge is 2.27. The van der Waals surface area contributed by atoms with Gasteiger partial charge in [-0.25, -0.2) is 4.98 Å². The van der Waals surface area contributed by atoms with Gasteiger partial charge in [0.15, 0.2) is 0 Å². The monoisotopic (exact) mass is 496 g/mol. The van der Waals surface area contributed by atoms with E-state index in [4.69, 9.17) is 4.98 Å². The fraction of sp³-hybridized carbons (Fsp3) is 0.217. The number of thiazole rings is 1. The number of nitrogens with one attached hydrogen (secondary N) is 1. The smallest absolute Gasteiger partial charge is 0.313 e. The van der Waals surface area contributed by atoms with Gasteiger partial charge in [0.1, 0.15) is 10.0 Å². The van der Waals surface area contributed by atoms with E-state index < -0.39 is 4.92 Å². The summed E-state index contributed by atoms with van der Waals surface area (Å²) in [5, 5.41) is 15.7. The van der Waals surface area contributed by atoms with Gasteiger partial charge in [-0.15, -0.1) is 22.7 Å². The van der Waals surface area contributed by atoms with E-state index >= 15 is 0 Å². The Kier molecular flexibility index (Phi) is 6.07. The minimum Gasteiger partial charge on any atom is -0.313 e. The number of rotatable bonds is 6. The second-order valence-corrected chi connectivity index (χ2v) is 10.8. The molecule has 5 rings (SSSR count). The maximum atomic E-state index is 12.8. The fourth-order valence-electron chi connectivity index (χ4n) is 3.86. The molecule has 168 valence electrons. The third kappa shape index (κ3) is 4.47. The summed E-state index contributed by atoms with van der Waals surface area (Å²) in [5.41, 5.74) is 3.26. The molecule has 1 aliphatic heterocycles. The number of carbonyl (C=O) groups is 1. The molecule has 0 bridgehead atoms. The van der Waals surface area contributed by atoms with E-state index in [1.54, 1.807) is 34.8 Å². The van der Waals surface area contributed by atoms with Gasteiger partial charge in [-0.3, -0.25) is 19.8 Å². The molecule has 0 saturated carbocycles. The zero-order valence-electron chi connectivity index (χ0n) is 17.7. The summed E-state index contributed by atoms with van der Waals surface area (Å²) in [6.07, 6.45) is 3.96. The highest BCUT2D eigenvalue weighted by atomic mass is 32.1. The number of hydrogen-bond acceptors (Lipinski definition) is 8. The second kappa shape index (κ2) is 9.14. The number of anilines is 1. The van der Waals surface area contributed by atoms with Gasteiger partial charge >= 0.3 is 5.00 Å². The predicted octanol–water partition coefficient (Wildman–Crippen LogP) is 6.02. The van der Waals surface area contributed by atoms with Crippen molar-refractivity contribution in [2.75, 3.05) is 18.4 Å². The second-order valence-electron chi connectivity index (χ2n) is 7.57. The molecule has 33 heavy (non-hydrogen) atoms. The number of nitro groups is 1. The molecule has 1 aromatic carbocycles. The van der Waals surface area contributed by atoms with Crippen LogP contribution in [-0.4, -0.2) is 33.8 Å². The molecule has 3 aromatic heterocycles. The molecule has 1 aliphatic rings. The minimum atomic E-state index is -0.428. The summed E-state index contributed by atoms with van der Waals surface area (Å²) >= 11 is 4.30. The maximum absolute atomic E-state index is 12.8. The summed E-state index contributed by atoms with van der Waals surface area (Å²) in [7, 11) is 0. The van der Waals surface area contributed by atoms with Crippen molar-refractivity contribution in [3.8, 4) is 10.6 Å². The predicted molar refractivity (Wildman–Crippen MR) is 136 cm³/mol. The van der Waals surface area contributed by atoms with E-state index in [0.717, 1.165) is 63.2 Å². The fourth-order valence-corrected chi connectivity index (χ4v) is 6.99. The molecule has 0 aliphatic carbocycles. The van der Waals surface area contributed by atoms with E-state index in [-0.39, 0.29) is 10.9 Å². The molecule has 0 saturated heterocycles. The first-order chi connectivity index (χ1) is 16.0. The highest BCUT2D eigenvalue weighted by Crippen LogP contribution is 2.45. The summed E-state index contributed by atoms with van der Waals surface area (Å²) < 4.78 is 1.12. The quantitative estimate of drug-likeness (QED) is 0.200. The van der Waals surface area contributed by atoms with Crippen LogP contribution in [-0.2, 0) is 17.8 Å². The van der Waals surface area contributed by atoms with Crippen LogP contribution in [0, 0.1) is 10.1 Å². The molecule has 4 aromatic rings. The van der Waals surface area contributed by atoms with Crippen LogP contribution >= 0.6 is 34.0 Å². The van der Waals surface area contributed by atoms with Gasteiger partial charge < -0.3 is 5.32 Å². The van der Waals surface area contributed by atoms with Crippen molar-refractivity contribution in [1.29, 1.82) is 0 Å². The first-order valence-corrected chi connectivity index (χ1v) is 12.9. The Labute approximate surface area is 202 Å². The van der Waals surface area contributed by atoms with Crippen LogP contribution in [0.4, 0.5) is 10.0 Å². The van der Waals surface area contributed by atoms with Crippen molar-refractivity contribution in [2.45, 2.75) is 19.9 Å². The largest absolute Gasteiger partial charge is 0.324 e. The Morgan fingerprint density at radius 3 is 2.85 bits per heavy atom. The van der Waals surface area contributed by atoms with Crippen LogP contribution in [0.5, 0.6) is 0 Å². The van der Waals surface area contributed by atoms with E-state index in [1.165, 1.54) is 22.6 Å². The standard InChI is InChI=1S/C23H20N4O3S3/c1-2-26-12-11-15-18(13-26)33-23(21(15)22-24-16-5-3-4-6-17(16)32-22)25-19(28)9-7-14-8-10-20(31-14)27(29)30/h3-10H,2,11-13H2,1H3,(H,25,28). The molecule has 0 spiro atoms. The number of thiophene rings is 2. The molecule has 4 heterocycles. The number of para-hydroxylation sites is 1. The molecule has 0 fully saturated rings. The number of likely N-dealkylation sites (N-methyl/N-ethyl adjacent to an activating group) is 1. The zero-order valence-corrected chi connectivity index (χ0v) is 20.2. The maximum Gasteiger partial charge on any atom is 0.324 e. The number of aromatic nitrogens is 1. The Hall–Kier alpha value is -2.92. The van der Waals surface area contributed by atoms with Crippen LogP contribution in [0.2, 0.25) is 0 Å². The van der Waals surface area contributed by atoms with Crippen LogP contribution in [0.25, 0.3) is 26.9 Å². The lowest BCUT2D eigenvalue weighted by Gasteiger charge is -2.25. The number of fused-ring (bicyclic) bond motifs is 2. The molecule has 0 atom stereocenters. The summed E-state index contributed by atoms with van der Waals surface area (Å²) in [6.45, 7) is 5.02. The van der Waals surface area contributed by atoms with E-state index in [9.17, 15) is 14.9 Å². The summed E-state index contributed by atoms with van der Waals surface area (Å²) in [5.74, 6) is -0.264. The van der Waals surface area contributed by atoms with Crippen LogP contribution in [0.1, 0.15) is 22.2 Å². The number of nitrogens with zero attached hydrogens (tertiary/aromatic N) is 3. The molecular weight excluding hydrogens is 476 g/mol. The molecule has 7 nitrogen and oxygen atoms in total. The van der Waals surface area contributed by atoms with Gasteiger partial charge in [-0.2, -0.15) is 0 Å². The van der Waals surface area contributed by atoms with Gasteiger partial charge in [0.05, 0.1) is 15.1 Å². The van der Waals surface area contributed by atoms with Gasteiger partial charge in [0.2, 0.25) is 5.91 Å². The van der Waals surface area contributed by atoms with Crippen molar-refractivity contribution in [3.05, 3.63) is 67.9 Å². The lowest BCUT2D eigenvalue weighted by Crippen LogP contribution is -2.29. The van der Waals surface area contributed by atoms with Gasteiger partial charge in [0, 0.05) is 40.5 Å². The van der Waals surface area contributed by atoms with Crippen LogP contribution in [0.3, 0.4) is 0 Å². The third-order valence-corrected chi connectivity index (χ3v) is 8.71. The van der Waals surface area contributed by atoms with Crippen molar-refractivity contribution < 1.29 is 9.72 Å². The Bertz CT molecular complexity index is 1350. The number of amides is 1. The number of hydrogen-bond donors (Lipinski definition) is 1. The van der Waals surface area contributed by atoms with E-state index in [1.807, 2.05) is 18.2 Å². The van der Waals surface area contributed by atoms with Gasteiger partial charge in [-0.1, -0.05) is 30.4 Å². The van der Waals surface area contributed by atoms with Crippen molar-refractivity contribution in [1.82, 2.24) is 9.88 Å². The molecule has 0 unspecified atom stereocenters. The van der Waals surface area contributed by atoms with E-state index in [2.05, 4.69) is 23.2 Å². The molecule has 1 N–H and O–H groups in total. The summed E-state index contributed by atoms with van der Waals surface area (Å²) in [4.78, 5) is 32.4. The zero-order chi connectivity index (χ0) is 22.9. The lowest BCUT2D eigenvalue weighted by molar-refractivity contribution is -0.380. The average molecular weight is 497 g/mol. The topological polar surface area (TPSA) is 88.4 Å². The molecular formula is C23H20N4O3S3. The normalized spacial score (nSPS) is 14.1. The molecule has 0 radical (unpaired) electrons. The van der Waals surface area contributed by atoms with Crippen LogP contribution in [0.15, 0.2) is 42.5 Å². The average Bonchev–Trinajstić information content (AvgIpc) is 3.53. The Morgan fingerprint density at radius 2 is 2.09 bits per heavy atom. The third-order valence-electron chi connectivity index (χ3n) is 5.52. The SMILES string of the molecule is CCN1CCc2c(sc(NC(=O)C=Cc3ccc([N+](=O)[O-])s3)c2-c2nc3ccccc3s2)C1. The van der Waals surface area contributed by atoms with Gasteiger partial charge in [-0.05, 0) is 42.8 Å². The van der Waals surface area contributed by atoms with Gasteiger partial charge in [0.25, 0.3) is 0 Å². The Morgan fingerprint density at radius 1 is 1.24 bits per heavy atom. The van der Waals surface area contributed by atoms with Crippen LogP contribution < -0.4 is 5.32 Å². The van der Waals surface area contributed by atoms with Crippen molar-refractivity contribution in [2.24, 2.45) is 0 Å². The van der Waals surface area contributed by atoms with Crippen molar-refractivity contribution in [3.63, 3.8) is 0 Å². The molecule has 1 amide bonds. The number of carbonyl (C=O) groups excluding carboxylic acids is 1. The first kappa shape index (κ1) is 21.9. The summed E-state index contributed by atoms with van der Waals surface area (Å²) in [6, 6.07) is 11.2. The number of benzene rings is 1. The Balaban J connectivity index is 1.47. The molecule has 10 heteroatoms.